The molecule has 0 amide bonds. The molecule has 3 aliphatic carbocycles. The van der Waals surface area contributed by atoms with Crippen LogP contribution >= 0.6 is 0 Å². The van der Waals surface area contributed by atoms with Gasteiger partial charge in [-0.05, 0) is 78.5 Å². The zero-order chi connectivity index (χ0) is 14.8. The number of phenolic OH excluding ortho intramolecular Hbond substituents is 1. The molecule has 3 N–H and O–H groups in total. The van der Waals surface area contributed by atoms with E-state index < -0.39 is 12.2 Å². The molecule has 114 valence electrons. The van der Waals surface area contributed by atoms with Gasteiger partial charge in [0.25, 0.3) is 0 Å². The van der Waals surface area contributed by atoms with Gasteiger partial charge in [-0.1, -0.05) is 13.0 Å². The Bertz CT molecular complexity index is 570. The third-order valence-electron chi connectivity index (χ3n) is 6.68. The first-order valence-electron chi connectivity index (χ1n) is 8.18. The van der Waals surface area contributed by atoms with E-state index in [0.29, 0.717) is 23.5 Å². The van der Waals surface area contributed by atoms with Crippen molar-refractivity contribution >= 4 is 0 Å². The summed E-state index contributed by atoms with van der Waals surface area (Å²) in [6, 6.07) is 5.80. The van der Waals surface area contributed by atoms with Crippen molar-refractivity contribution in [2.45, 2.75) is 57.2 Å². The van der Waals surface area contributed by atoms with Crippen molar-refractivity contribution in [2.75, 3.05) is 0 Å². The lowest BCUT2D eigenvalue weighted by Gasteiger charge is -2.49. The molecule has 4 rings (SSSR count). The molecule has 1 aromatic rings. The van der Waals surface area contributed by atoms with Crippen molar-refractivity contribution in [3.05, 3.63) is 29.3 Å². The first kappa shape index (κ1) is 13.6. The fraction of sp³-hybridized carbons (Fsp3) is 0.667. The van der Waals surface area contributed by atoms with E-state index in [1.54, 1.807) is 6.07 Å². The third-order valence-corrected chi connectivity index (χ3v) is 6.68. The molecule has 3 aliphatic rings. The van der Waals surface area contributed by atoms with Gasteiger partial charge in [-0.25, -0.2) is 0 Å². The quantitative estimate of drug-likeness (QED) is 0.687. The molecule has 2 saturated carbocycles. The summed E-state index contributed by atoms with van der Waals surface area (Å²) >= 11 is 0. The molecule has 2 fully saturated rings. The summed E-state index contributed by atoms with van der Waals surface area (Å²) in [5.74, 6) is 1.88. The Hall–Kier alpha value is -1.06. The molecule has 21 heavy (non-hydrogen) atoms. The number of aryl methyl sites for hydroxylation is 1. The van der Waals surface area contributed by atoms with Gasteiger partial charge in [-0.3, -0.25) is 0 Å². The topological polar surface area (TPSA) is 60.7 Å². The average molecular weight is 288 g/mol. The second kappa shape index (κ2) is 4.47. The predicted octanol–water partition coefficient (Wildman–Crippen LogP) is 2.58. The second-order valence-electron chi connectivity index (χ2n) is 7.59. The van der Waals surface area contributed by atoms with Gasteiger partial charge in [-0.2, -0.15) is 0 Å². The van der Waals surface area contributed by atoms with E-state index in [1.807, 2.05) is 6.07 Å². The van der Waals surface area contributed by atoms with Gasteiger partial charge in [0, 0.05) is 0 Å². The number of phenols is 1. The molecular weight excluding hydrogens is 264 g/mol. The van der Waals surface area contributed by atoms with E-state index in [0.717, 1.165) is 32.1 Å². The minimum Gasteiger partial charge on any atom is -0.508 e. The number of hydrogen-bond acceptors (Lipinski definition) is 3. The fourth-order valence-corrected chi connectivity index (χ4v) is 5.56. The van der Waals surface area contributed by atoms with Gasteiger partial charge in [0.2, 0.25) is 0 Å². The van der Waals surface area contributed by atoms with E-state index in [4.69, 9.17) is 0 Å². The molecule has 6 atom stereocenters. The van der Waals surface area contributed by atoms with Crippen LogP contribution in [0.4, 0.5) is 0 Å². The normalized spacial score (nSPS) is 44.8. The average Bonchev–Trinajstić information content (AvgIpc) is 2.70. The van der Waals surface area contributed by atoms with Crippen LogP contribution in [0.2, 0.25) is 0 Å². The highest BCUT2D eigenvalue weighted by Gasteiger charge is 2.57. The van der Waals surface area contributed by atoms with Crippen LogP contribution in [-0.4, -0.2) is 27.5 Å². The van der Waals surface area contributed by atoms with Gasteiger partial charge in [-0.15, -0.1) is 0 Å². The van der Waals surface area contributed by atoms with Crippen LogP contribution in [0.5, 0.6) is 5.75 Å². The van der Waals surface area contributed by atoms with E-state index in [1.165, 1.54) is 11.1 Å². The lowest BCUT2D eigenvalue weighted by atomic mass is 9.55. The molecule has 0 aliphatic heterocycles. The summed E-state index contributed by atoms with van der Waals surface area (Å²) in [4.78, 5) is 0. The SMILES string of the molecule is C[C@]12CC[C@@H]3c4ccc(O)cc4CC[C@@H]3[C@@H]1C[C@H](O)[C@H]2O. The molecule has 0 saturated heterocycles. The highest BCUT2D eigenvalue weighted by atomic mass is 16.3. The first-order valence-corrected chi connectivity index (χ1v) is 8.18. The van der Waals surface area contributed by atoms with E-state index in [-0.39, 0.29) is 5.41 Å². The van der Waals surface area contributed by atoms with Crippen molar-refractivity contribution < 1.29 is 15.3 Å². The molecule has 1 aromatic carbocycles. The maximum atomic E-state index is 10.4. The Balaban J connectivity index is 1.71. The Morgan fingerprint density at radius 2 is 2.00 bits per heavy atom. The highest BCUT2D eigenvalue weighted by molar-refractivity contribution is 5.40. The number of aromatic hydroxyl groups is 1. The van der Waals surface area contributed by atoms with E-state index in [2.05, 4.69) is 13.0 Å². The molecular formula is C18H24O3. The molecule has 0 unspecified atom stereocenters. The number of aliphatic hydroxyl groups is 2. The van der Waals surface area contributed by atoms with Crippen molar-refractivity contribution in [2.24, 2.45) is 17.3 Å². The molecule has 0 bridgehead atoms. The Labute approximate surface area is 125 Å². The fourth-order valence-electron chi connectivity index (χ4n) is 5.56. The van der Waals surface area contributed by atoms with Crippen LogP contribution in [0.3, 0.4) is 0 Å². The van der Waals surface area contributed by atoms with Gasteiger partial charge in [0.15, 0.2) is 0 Å². The number of aliphatic hydroxyl groups excluding tert-OH is 2. The maximum Gasteiger partial charge on any atom is 0.115 e. The van der Waals surface area contributed by atoms with Crippen molar-refractivity contribution in [3.8, 4) is 5.75 Å². The summed E-state index contributed by atoms with van der Waals surface area (Å²) in [5.41, 5.74) is 2.57. The number of fused-ring (bicyclic) bond motifs is 5. The van der Waals surface area contributed by atoms with E-state index >= 15 is 0 Å². The second-order valence-corrected chi connectivity index (χ2v) is 7.59. The molecule has 3 heteroatoms. The molecule has 0 heterocycles. The smallest absolute Gasteiger partial charge is 0.115 e. The van der Waals surface area contributed by atoms with Crippen LogP contribution in [0.25, 0.3) is 0 Å². The summed E-state index contributed by atoms with van der Waals surface area (Å²) < 4.78 is 0. The minimum atomic E-state index is -0.565. The van der Waals surface area contributed by atoms with Crippen LogP contribution in [0, 0.1) is 17.3 Å². The highest BCUT2D eigenvalue weighted by Crippen LogP contribution is 2.60. The molecule has 0 aromatic heterocycles. The Kier molecular flexibility index (Phi) is 2.89. The van der Waals surface area contributed by atoms with Gasteiger partial charge in [0.1, 0.15) is 5.75 Å². The number of hydrogen-bond donors (Lipinski definition) is 3. The Morgan fingerprint density at radius 1 is 1.19 bits per heavy atom. The predicted molar refractivity (Wildman–Crippen MR) is 80.1 cm³/mol. The lowest BCUT2D eigenvalue weighted by molar-refractivity contribution is -0.0505. The largest absolute Gasteiger partial charge is 0.508 e. The molecule has 0 spiro atoms. The number of rotatable bonds is 0. The third kappa shape index (κ3) is 1.80. The zero-order valence-electron chi connectivity index (χ0n) is 12.5. The van der Waals surface area contributed by atoms with Crippen LogP contribution in [0.1, 0.15) is 49.7 Å². The van der Waals surface area contributed by atoms with Crippen molar-refractivity contribution in [1.82, 2.24) is 0 Å². The van der Waals surface area contributed by atoms with Crippen LogP contribution in [0.15, 0.2) is 18.2 Å². The van der Waals surface area contributed by atoms with Crippen LogP contribution in [-0.2, 0) is 6.42 Å². The summed E-state index contributed by atoms with van der Waals surface area (Å²) in [6.07, 6.45) is 3.80. The Morgan fingerprint density at radius 3 is 2.81 bits per heavy atom. The molecule has 3 nitrogen and oxygen atoms in total. The maximum absolute atomic E-state index is 10.4. The summed E-state index contributed by atoms with van der Waals surface area (Å²) in [5, 5.41) is 30.2. The van der Waals surface area contributed by atoms with Gasteiger partial charge >= 0.3 is 0 Å². The van der Waals surface area contributed by atoms with Crippen LogP contribution < -0.4 is 0 Å². The zero-order valence-corrected chi connectivity index (χ0v) is 12.5. The van der Waals surface area contributed by atoms with E-state index in [9.17, 15) is 15.3 Å². The molecule has 0 radical (unpaired) electrons. The van der Waals surface area contributed by atoms with Gasteiger partial charge < -0.3 is 15.3 Å². The summed E-state index contributed by atoms with van der Waals surface area (Å²) in [6.45, 7) is 2.17. The van der Waals surface area contributed by atoms with Gasteiger partial charge in [0.05, 0.1) is 12.2 Å². The lowest BCUT2D eigenvalue weighted by Crippen LogP contribution is -2.44. The monoisotopic (exact) mass is 288 g/mol. The summed E-state index contributed by atoms with van der Waals surface area (Å²) in [7, 11) is 0. The first-order chi connectivity index (χ1) is 10.0. The van der Waals surface area contributed by atoms with Crippen molar-refractivity contribution in [3.63, 3.8) is 0 Å². The minimum absolute atomic E-state index is 0.116. The van der Waals surface area contributed by atoms with Crippen molar-refractivity contribution in [1.29, 1.82) is 0 Å². The standard InChI is InChI=1S/C18H24O3/c1-18-7-6-13-12-5-3-11(19)8-10(12)2-4-14(13)15(18)9-16(20)17(18)21/h3,5,8,13-17,19-21H,2,4,6-7,9H2,1H3/t13-,14+,15+,16+,17-,18+/m1/s1. The number of benzene rings is 1.